The van der Waals surface area contributed by atoms with Crippen LogP contribution in [0.4, 0.5) is 10.8 Å². The molecule has 3 rings (SSSR count). The van der Waals surface area contributed by atoms with Gasteiger partial charge in [0.2, 0.25) is 5.13 Å². The van der Waals surface area contributed by atoms with E-state index in [0.717, 1.165) is 24.4 Å². The summed E-state index contributed by atoms with van der Waals surface area (Å²) in [4.78, 5) is 2.45. The van der Waals surface area contributed by atoms with Crippen LogP contribution in [0.2, 0.25) is 0 Å². The molecule has 5 heteroatoms. The highest BCUT2D eigenvalue weighted by Gasteiger charge is 2.25. The van der Waals surface area contributed by atoms with Crippen molar-refractivity contribution >= 4 is 22.2 Å². The third kappa shape index (κ3) is 2.06. The normalized spacial score (nSPS) is 18.1. The van der Waals surface area contributed by atoms with Gasteiger partial charge in [-0.05, 0) is 25.0 Å². The quantitative estimate of drug-likeness (QED) is 0.918. The highest BCUT2D eigenvalue weighted by atomic mass is 32.1. The summed E-state index contributed by atoms with van der Waals surface area (Å²) in [5, 5.41) is 9.50. The maximum atomic E-state index is 5.60. The lowest BCUT2D eigenvalue weighted by molar-refractivity contribution is 0.667. The molecule has 1 aromatic carbocycles. The molecule has 0 saturated heterocycles. The Morgan fingerprint density at radius 3 is 3.00 bits per heavy atom. The monoisotopic (exact) mass is 260 g/mol. The first kappa shape index (κ1) is 11.5. The maximum Gasteiger partial charge on any atom is 0.203 e. The Labute approximate surface area is 110 Å². The van der Waals surface area contributed by atoms with Crippen LogP contribution in [0.25, 0.3) is 0 Å². The van der Waals surface area contributed by atoms with Crippen molar-refractivity contribution in [2.24, 2.45) is 0 Å². The molecule has 2 heterocycles. The van der Waals surface area contributed by atoms with Gasteiger partial charge in [0, 0.05) is 24.7 Å². The van der Waals surface area contributed by atoms with Crippen LogP contribution in [0.3, 0.4) is 0 Å². The molecule has 0 amide bonds. The van der Waals surface area contributed by atoms with Gasteiger partial charge in [0.05, 0.1) is 0 Å². The summed E-state index contributed by atoms with van der Waals surface area (Å²) in [5.74, 6) is 0. The highest BCUT2D eigenvalue weighted by molar-refractivity contribution is 7.15. The van der Waals surface area contributed by atoms with Gasteiger partial charge in [-0.25, -0.2) is 0 Å². The second-order valence-electron chi connectivity index (χ2n) is 4.66. The number of benzene rings is 1. The Balaban J connectivity index is 1.73. The molecule has 1 unspecified atom stereocenters. The molecule has 2 aromatic rings. The summed E-state index contributed by atoms with van der Waals surface area (Å²) >= 11 is 1.48. The van der Waals surface area contributed by atoms with E-state index < -0.39 is 0 Å². The molecular weight excluding hydrogens is 244 g/mol. The Hall–Kier alpha value is -1.62. The van der Waals surface area contributed by atoms with E-state index >= 15 is 0 Å². The maximum absolute atomic E-state index is 5.60. The lowest BCUT2D eigenvalue weighted by atomic mass is 10.1. The van der Waals surface area contributed by atoms with Crippen molar-refractivity contribution < 1.29 is 0 Å². The lowest BCUT2D eigenvalue weighted by Gasteiger charge is -2.24. The number of rotatable bonds is 3. The molecule has 1 atom stereocenters. The van der Waals surface area contributed by atoms with Crippen molar-refractivity contribution in [2.45, 2.75) is 25.8 Å². The predicted molar refractivity (Wildman–Crippen MR) is 75.0 cm³/mol. The molecule has 1 aliphatic heterocycles. The number of para-hydroxylation sites is 1. The van der Waals surface area contributed by atoms with Crippen LogP contribution in [-0.4, -0.2) is 22.8 Å². The lowest BCUT2D eigenvalue weighted by Crippen LogP contribution is -2.31. The number of nitrogens with zero attached hydrogens (tertiary/aromatic N) is 3. The largest absolute Gasteiger partial charge is 0.374 e. The van der Waals surface area contributed by atoms with Crippen LogP contribution in [0.1, 0.15) is 17.5 Å². The summed E-state index contributed by atoms with van der Waals surface area (Å²) < 4.78 is 0. The minimum Gasteiger partial charge on any atom is -0.374 e. The van der Waals surface area contributed by atoms with Gasteiger partial charge in [-0.2, -0.15) is 0 Å². The van der Waals surface area contributed by atoms with Crippen LogP contribution >= 0.6 is 11.3 Å². The zero-order chi connectivity index (χ0) is 12.5. The third-order valence-corrected chi connectivity index (χ3v) is 4.21. The summed E-state index contributed by atoms with van der Waals surface area (Å²) in [5.41, 5.74) is 8.41. The fraction of sp³-hybridized carbons (Fsp3) is 0.385. The van der Waals surface area contributed by atoms with Crippen molar-refractivity contribution in [3.05, 3.63) is 34.8 Å². The SMILES string of the molecule is CC1Cc2ccccc2N1CCc1nnc(N)s1. The van der Waals surface area contributed by atoms with Gasteiger partial charge in [0.1, 0.15) is 5.01 Å². The Morgan fingerprint density at radius 2 is 2.22 bits per heavy atom. The van der Waals surface area contributed by atoms with E-state index in [-0.39, 0.29) is 0 Å². The second-order valence-corrected chi connectivity index (χ2v) is 5.75. The minimum absolute atomic E-state index is 0.555. The molecule has 0 bridgehead atoms. The van der Waals surface area contributed by atoms with E-state index in [1.54, 1.807) is 0 Å². The van der Waals surface area contributed by atoms with E-state index in [1.807, 2.05) is 0 Å². The molecule has 1 aliphatic rings. The smallest absolute Gasteiger partial charge is 0.203 e. The molecule has 4 nitrogen and oxygen atoms in total. The second kappa shape index (κ2) is 4.57. The zero-order valence-corrected chi connectivity index (χ0v) is 11.2. The van der Waals surface area contributed by atoms with Crippen LogP contribution in [0.5, 0.6) is 0 Å². The number of anilines is 2. The van der Waals surface area contributed by atoms with Gasteiger partial charge >= 0.3 is 0 Å². The number of fused-ring (bicyclic) bond motifs is 1. The first-order chi connectivity index (χ1) is 8.74. The molecule has 2 N–H and O–H groups in total. The Kier molecular flexibility index (Phi) is 2.91. The van der Waals surface area contributed by atoms with Crippen LogP contribution in [-0.2, 0) is 12.8 Å². The number of hydrogen-bond acceptors (Lipinski definition) is 5. The molecular formula is C13H16N4S. The van der Waals surface area contributed by atoms with E-state index in [9.17, 15) is 0 Å². The van der Waals surface area contributed by atoms with Crippen LogP contribution in [0, 0.1) is 0 Å². The van der Waals surface area contributed by atoms with Gasteiger partial charge in [-0.15, -0.1) is 10.2 Å². The fourth-order valence-corrected chi connectivity index (χ4v) is 3.15. The standard InChI is InChI=1S/C13H16N4S/c1-9-8-10-4-2-3-5-11(10)17(9)7-6-12-15-16-13(14)18-12/h2-5,9H,6-8H2,1H3,(H2,14,16). The van der Waals surface area contributed by atoms with Gasteiger partial charge in [-0.1, -0.05) is 29.5 Å². The van der Waals surface area contributed by atoms with Crippen molar-refractivity contribution in [1.29, 1.82) is 0 Å². The molecule has 0 spiro atoms. The first-order valence-corrected chi connectivity index (χ1v) is 6.98. The van der Waals surface area contributed by atoms with Gasteiger partial charge < -0.3 is 10.6 Å². The number of nitrogen functional groups attached to an aromatic ring is 1. The van der Waals surface area contributed by atoms with E-state index in [0.29, 0.717) is 11.2 Å². The molecule has 0 aliphatic carbocycles. The summed E-state index contributed by atoms with van der Waals surface area (Å²) in [7, 11) is 0. The van der Waals surface area contributed by atoms with E-state index in [2.05, 4.69) is 46.3 Å². The molecule has 18 heavy (non-hydrogen) atoms. The Morgan fingerprint density at radius 1 is 1.39 bits per heavy atom. The molecule has 94 valence electrons. The highest BCUT2D eigenvalue weighted by Crippen LogP contribution is 2.31. The molecule has 0 fully saturated rings. The summed E-state index contributed by atoms with van der Waals surface area (Å²) in [6, 6.07) is 9.20. The van der Waals surface area contributed by atoms with Crippen LogP contribution in [0.15, 0.2) is 24.3 Å². The molecule has 1 aromatic heterocycles. The van der Waals surface area contributed by atoms with Crippen molar-refractivity contribution in [3.8, 4) is 0 Å². The van der Waals surface area contributed by atoms with Gasteiger partial charge in [0.25, 0.3) is 0 Å². The van der Waals surface area contributed by atoms with Gasteiger partial charge in [0.15, 0.2) is 0 Å². The first-order valence-electron chi connectivity index (χ1n) is 6.16. The summed E-state index contributed by atoms with van der Waals surface area (Å²) in [6.07, 6.45) is 2.04. The fourth-order valence-electron chi connectivity index (χ4n) is 2.55. The number of nitrogens with two attached hydrogens (primary N) is 1. The van der Waals surface area contributed by atoms with E-state index in [1.165, 1.54) is 22.6 Å². The molecule has 0 radical (unpaired) electrons. The zero-order valence-electron chi connectivity index (χ0n) is 10.3. The number of aromatic nitrogens is 2. The minimum atomic E-state index is 0.555. The predicted octanol–water partition coefficient (Wildman–Crippen LogP) is 2.11. The average Bonchev–Trinajstić information content (AvgIpc) is 2.90. The van der Waals surface area contributed by atoms with Crippen molar-refractivity contribution in [2.75, 3.05) is 17.2 Å². The van der Waals surface area contributed by atoms with Gasteiger partial charge in [-0.3, -0.25) is 0 Å². The Bertz CT molecular complexity index is 551. The topological polar surface area (TPSA) is 55.0 Å². The molecule has 0 saturated carbocycles. The third-order valence-electron chi connectivity index (χ3n) is 3.40. The summed E-state index contributed by atoms with van der Waals surface area (Å²) in [6.45, 7) is 3.25. The number of hydrogen-bond donors (Lipinski definition) is 1. The van der Waals surface area contributed by atoms with Crippen LogP contribution < -0.4 is 10.6 Å². The van der Waals surface area contributed by atoms with Crippen molar-refractivity contribution in [3.63, 3.8) is 0 Å². The average molecular weight is 260 g/mol. The van der Waals surface area contributed by atoms with Crippen molar-refractivity contribution in [1.82, 2.24) is 10.2 Å². The van der Waals surface area contributed by atoms with E-state index in [4.69, 9.17) is 5.73 Å².